The number of aromatic nitrogens is 2. The summed E-state index contributed by atoms with van der Waals surface area (Å²) in [5.41, 5.74) is 1.69. The third-order valence-corrected chi connectivity index (χ3v) is 6.05. The van der Waals surface area contributed by atoms with Gasteiger partial charge in [0.25, 0.3) is 11.5 Å². The number of hydrogen-bond donors (Lipinski definition) is 2. The van der Waals surface area contributed by atoms with Crippen LogP contribution in [0.2, 0.25) is 0 Å². The van der Waals surface area contributed by atoms with E-state index in [4.69, 9.17) is 0 Å². The smallest absolute Gasteiger partial charge is 0.295 e. The van der Waals surface area contributed by atoms with Crippen LogP contribution < -0.4 is 16.2 Å². The number of amides is 1. The summed E-state index contributed by atoms with van der Waals surface area (Å²) in [5, 5.41) is 7.54. The van der Waals surface area contributed by atoms with E-state index in [1.54, 1.807) is 60.4 Å². The third-order valence-electron chi connectivity index (χ3n) is 5.18. The van der Waals surface area contributed by atoms with E-state index in [0.29, 0.717) is 21.8 Å². The number of nitrogens with one attached hydrogen (secondary N) is 2. The largest absolute Gasteiger partial charge is 0.353 e. The van der Waals surface area contributed by atoms with E-state index in [2.05, 4.69) is 10.6 Å². The molecule has 0 saturated carbocycles. The zero-order chi connectivity index (χ0) is 22.7. The van der Waals surface area contributed by atoms with Crippen LogP contribution in [0.5, 0.6) is 0 Å². The van der Waals surface area contributed by atoms with Crippen LogP contribution in [0, 0.1) is 6.92 Å². The summed E-state index contributed by atoms with van der Waals surface area (Å²) >= 11 is 1.28. The van der Waals surface area contributed by atoms with Crippen molar-refractivity contribution in [2.75, 3.05) is 5.32 Å². The fourth-order valence-electron chi connectivity index (χ4n) is 3.43. The molecule has 32 heavy (non-hydrogen) atoms. The number of carbonyl (C=O) groups is 2. The first kappa shape index (κ1) is 21.3. The van der Waals surface area contributed by atoms with Gasteiger partial charge in [-0.15, -0.1) is 11.3 Å². The number of benzene rings is 2. The molecule has 0 saturated heterocycles. The van der Waals surface area contributed by atoms with Gasteiger partial charge in [-0.3, -0.25) is 19.1 Å². The van der Waals surface area contributed by atoms with E-state index in [9.17, 15) is 14.4 Å². The maximum Gasteiger partial charge on any atom is 0.295 e. The quantitative estimate of drug-likeness (QED) is 0.336. The number of nitrogens with zero attached hydrogens (tertiary/aromatic N) is 2. The highest BCUT2D eigenvalue weighted by Crippen LogP contribution is 2.17. The Labute approximate surface area is 188 Å². The van der Waals surface area contributed by atoms with Crippen LogP contribution in [0.1, 0.15) is 25.7 Å². The lowest BCUT2D eigenvalue weighted by Crippen LogP contribution is -2.47. The highest BCUT2D eigenvalue weighted by molar-refractivity contribution is 7.12. The first-order chi connectivity index (χ1) is 15.5. The van der Waals surface area contributed by atoms with Gasteiger partial charge in [-0.2, -0.15) is 0 Å². The van der Waals surface area contributed by atoms with Crippen molar-refractivity contribution in [3.05, 3.63) is 105 Å². The second kappa shape index (κ2) is 9.07. The molecule has 2 heterocycles. The Kier molecular flexibility index (Phi) is 6.04. The molecule has 4 rings (SSSR count). The van der Waals surface area contributed by atoms with Crippen LogP contribution in [0.4, 0.5) is 5.69 Å². The molecule has 2 N–H and O–H groups in total. The number of ketones is 1. The van der Waals surface area contributed by atoms with E-state index in [1.165, 1.54) is 16.0 Å². The maximum absolute atomic E-state index is 13.3. The van der Waals surface area contributed by atoms with Crippen molar-refractivity contribution in [3.8, 4) is 5.69 Å². The van der Waals surface area contributed by atoms with Crippen LogP contribution >= 0.6 is 11.3 Å². The number of thiophene rings is 1. The van der Waals surface area contributed by atoms with Gasteiger partial charge in [-0.1, -0.05) is 54.6 Å². The van der Waals surface area contributed by atoms with E-state index in [-0.39, 0.29) is 17.0 Å². The average Bonchev–Trinajstić information content (AvgIpc) is 3.43. The van der Waals surface area contributed by atoms with Crippen molar-refractivity contribution < 1.29 is 9.59 Å². The molecule has 0 aliphatic carbocycles. The maximum atomic E-state index is 13.3. The Morgan fingerprint density at radius 3 is 2.22 bits per heavy atom. The van der Waals surface area contributed by atoms with Gasteiger partial charge in [0, 0.05) is 12.6 Å². The van der Waals surface area contributed by atoms with Crippen LogP contribution in [-0.2, 0) is 7.05 Å². The van der Waals surface area contributed by atoms with Crippen molar-refractivity contribution in [2.45, 2.75) is 13.1 Å². The Hall–Kier alpha value is -3.91. The van der Waals surface area contributed by atoms with Gasteiger partial charge in [0.2, 0.25) is 5.78 Å². The highest BCUT2D eigenvalue weighted by Gasteiger charge is 2.26. The number of rotatable bonds is 7. The minimum absolute atomic E-state index is 0.247. The number of carbonyl (C=O) groups excluding carboxylic acids is 2. The third kappa shape index (κ3) is 4.13. The van der Waals surface area contributed by atoms with E-state index >= 15 is 0 Å². The van der Waals surface area contributed by atoms with Gasteiger partial charge < -0.3 is 10.6 Å². The van der Waals surface area contributed by atoms with Gasteiger partial charge in [-0.25, -0.2) is 4.68 Å². The molecule has 0 spiro atoms. The van der Waals surface area contributed by atoms with Gasteiger partial charge in [-0.05, 0) is 30.5 Å². The standard InChI is InChI=1S/C24H22N4O3S/c1-16-20(24(31)28(27(16)2)18-12-7-4-8-13-18)25-22(21(29)17-10-5-3-6-11-17)26-23(30)19-14-9-15-32-19/h3-15,22,25H,1-2H3,(H,26,30). The predicted octanol–water partition coefficient (Wildman–Crippen LogP) is 3.60. The summed E-state index contributed by atoms with van der Waals surface area (Å²) in [6, 6.07) is 21.3. The van der Waals surface area contributed by atoms with Crippen LogP contribution in [0.15, 0.2) is 83.0 Å². The molecule has 4 aromatic rings. The summed E-state index contributed by atoms with van der Waals surface area (Å²) < 4.78 is 3.23. The number of para-hydroxylation sites is 1. The monoisotopic (exact) mass is 446 g/mol. The van der Waals surface area contributed by atoms with Crippen molar-refractivity contribution in [2.24, 2.45) is 7.05 Å². The molecule has 0 radical (unpaired) electrons. The minimum atomic E-state index is -1.12. The zero-order valence-electron chi connectivity index (χ0n) is 17.6. The van der Waals surface area contributed by atoms with Gasteiger partial charge in [0.1, 0.15) is 5.69 Å². The summed E-state index contributed by atoms with van der Waals surface area (Å²) in [4.78, 5) is 39.7. The van der Waals surface area contributed by atoms with Gasteiger partial charge in [0.05, 0.1) is 16.3 Å². The molecule has 0 aliphatic heterocycles. The second-order valence-electron chi connectivity index (χ2n) is 7.19. The molecule has 2 aromatic heterocycles. The summed E-state index contributed by atoms with van der Waals surface area (Å²) in [7, 11) is 1.77. The summed E-state index contributed by atoms with van der Waals surface area (Å²) in [6.07, 6.45) is -1.12. The van der Waals surface area contributed by atoms with E-state index in [1.807, 2.05) is 36.4 Å². The Morgan fingerprint density at radius 2 is 1.59 bits per heavy atom. The predicted molar refractivity (Wildman–Crippen MR) is 126 cm³/mol. The molecule has 1 unspecified atom stereocenters. The lowest BCUT2D eigenvalue weighted by molar-refractivity contribution is 0.0871. The Bertz CT molecular complexity index is 1290. The normalized spacial score (nSPS) is 11.7. The molecular weight excluding hydrogens is 424 g/mol. The first-order valence-corrected chi connectivity index (χ1v) is 10.9. The molecular formula is C24H22N4O3S. The van der Waals surface area contributed by atoms with Crippen molar-refractivity contribution >= 4 is 28.7 Å². The molecule has 0 aliphatic rings. The van der Waals surface area contributed by atoms with Gasteiger partial charge >= 0.3 is 0 Å². The average molecular weight is 447 g/mol. The lowest BCUT2D eigenvalue weighted by Gasteiger charge is -2.19. The topological polar surface area (TPSA) is 85.1 Å². The van der Waals surface area contributed by atoms with Crippen LogP contribution in [-0.4, -0.2) is 27.2 Å². The summed E-state index contributed by atoms with van der Waals surface area (Å²) in [6.45, 7) is 1.79. The van der Waals surface area contributed by atoms with Crippen molar-refractivity contribution in [3.63, 3.8) is 0 Å². The van der Waals surface area contributed by atoms with E-state index in [0.717, 1.165) is 0 Å². The second-order valence-corrected chi connectivity index (χ2v) is 8.14. The van der Waals surface area contributed by atoms with Crippen molar-refractivity contribution in [1.29, 1.82) is 0 Å². The fraction of sp³-hybridized carbons (Fsp3) is 0.125. The fourth-order valence-corrected chi connectivity index (χ4v) is 4.05. The number of Topliss-reactive ketones (excluding diaryl/α,β-unsaturated/α-hetero) is 1. The molecule has 8 heteroatoms. The number of hydrogen-bond acceptors (Lipinski definition) is 5. The zero-order valence-corrected chi connectivity index (χ0v) is 18.4. The van der Waals surface area contributed by atoms with E-state index < -0.39 is 12.1 Å². The molecule has 2 aromatic carbocycles. The first-order valence-electron chi connectivity index (χ1n) is 10.0. The Balaban J connectivity index is 1.72. The lowest BCUT2D eigenvalue weighted by atomic mass is 10.1. The molecule has 7 nitrogen and oxygen atoms in total. The number of anilines is 1. The van der Waals surface area contributed by atoms with Gasteiger partial charge in [0.15, 0.2) is 6.17 Å². The van der Waals surface area contributed by atoms with Crippen LogP contribution in [0.25, 0.3) is 5.69 Å². The highest BCUT2D eigenvalue weighted by atomic mass is 32.1. The molecule has 0 fully saturated rings. The molecule has 0 bridgehead atoms. The minimum Gasteiger partial charge on any atom is -0.353 e. The van der Waals surface area contributed by atoms with Crippen molar-refractivity contribution in [1.82, 2.24) is 14.7 Å². The Morgan fingerprint density at radius 1 is 0.938 bits per heavy atom. The molecule has 1 atom stereocenters. The SMILES string of the molecule is Cc1c(NC(NC(=O)c2cccs2)C(=O)c2ccccc2)c(=O)n(-c2ccccc2)n1C. The molecule has 1 amide bonds. The summed E-state index contributed by atoms with van der Waals surface area (Å²) in [5.74, 6) is -0.733. The molecule has 162 valence electrons. The van der Waals surface area contributed by atoms with Crippen LogP contribution in [0.3, 0.4) is 0 Å².